The maximum absolute atomic E-state index is 13.0. The summed E-state index contributed by atoms with van der Waals surface area (Å²) in [6, 6.07) is 7.41. The number of methoxy groups -OCH3 is 1. The molecule has 0 atom stereocenters. The van der Waals surface area contributed by atoms with Crippen LogP contribution in [0.15, 0.2) is 42.0 Å². The van der Waals surface area contributed by atoms with Gasteiger partial charge in [-0.15, -0.1) is 11.3 Å². The van der Waals surface area contributed by atoms with Crippen molar-refractivity contribution in [3.8, 4) is 27.6 Å². The largest absolute Gasteiger partial charge is 0.496 e. The van der Waals surface area contributed by atoms with Gasteiger partial charge in [0.05, 0.1) is 60.2 Å². The SMILES string of the molecule is COc1cc(-c2cncc(-c3cc(NC(=O)CC4CCCC4)cs3)n2)ccc1C(=O)N1CCOCC1. The van der Waals surface area contributed by atoms with Crippen molar-refractivity contribution in [2.45, 2.75) is 32.1 Å². The lowest BCUT2D eigenvalue weighted by Gasteiger charge is -2.27. The van der Waals surface area contributed by atoms with Gasteiger partial charge in [-0.1, -0.05) is 18.9 Å². The highest BCUT2D eigenvalue weighted by Crippen LogP contribution is 2.32. The lowest BCUT2D eigenvalue weighted by molar-refractivity contribution is -0.117. The van der Waals surface area contributed by atoms with Gasteiger partial charge in [0.2, 0.25) is 5.91 Å². The topological polar surface area (TPSA) is 93.7 Å². The summed E-state index contributed by atoms with van der Waals surface area (Å²) in [5.74, 6) is 1.02. The molecule has 2 aromatic heterocycles. The zero-order valence-electron chi connectivity index (χ0n) is 20.4. The van der Waals surface area contributed by atoms with E-state index in [1.165, 1.54) is 24.2 Å². The highest BCUT2D eigenvalue weighted by Gasteiger charge is 2.22. The third-order valence-corrected chi connectivity index (χ3v) is 7.70. The van der Waals surface area contributed by atoms with Crippen LogP contribution in [0.5, 0.6) is 5.75 Å². The number of aromatic nitrogens is 2. The fourth-order valence-electron chi connectivity index (χ4n) is 4.81. The molecule has 1 aliphatic carbocycles. The van der Waals surface area contributed by atoms with E-state index in [-0.39, 0.29) is 11.8 Å². The number of hydrogen-bond acceptors (Lipinski definition) is 7. The molecule has 3 heterocycles. The van der Waals surface area contributed by atoms with E-state index in [4.69, 9.17) is 14.5 Å². The van der Waals surface area contributed by atoms with Crippen molar-refractivity contribution >= 4 is 28.8 Å². The van der Waals surface area contributed by atoms with Crippen LogP contribution >= 0.6 is 11.3 Å². The predicted molar refractivity (Wildman–Crippen MR) is 139 cm³/mol. The van der Waals surface area contributed by atoms with E-state index < -0.39 is 0 Å². The molecule has 3 aromatic rings. The molecule has 0 bridgehead atoms. The molecule has 1 N–H and O–H groups in total. The van der Waals surface area contributed by atoms with Gasteiger partial charge in [-0.2, -0.15) is 0 Å². The van der Waals surface area contributed by atoms with Crippen LogP contribution in [0.3, 0.4) is 0 Å². The quantitative estimate of drug-likeness (QED) is 0.491. The molecular formula is C27H30N4O4S. The third-order valence-electron chi connectivity index (χ3n) is 6.75. The van der Waals surface area contributed by atoms with Crippen LogP contribution in [-0.4, -0.2) is 60.1 Å². The van der Waals surface area contributed by atoms with Crippen LogP contribution < -0.4 is 10.1 Å². The Morgan fingerprint density at radius 1 is 1.14 bits per heavy atom. The van der Waals surface area contributed by atoms with Crippen LogP contribution in [0.2, 0.25) is 0 Å². The maximum Gasteiger partial charge on any atom is 0.257 e. The number of nitrogens with zero attached hydrogens (tertiary/aromatic N) is 3. The Morgan fingerprint density at radius 2 is 1.92 bits per heavy atom. The van der Waals surface area contributed by atoms with Gasteiger partial charge in [-0.25, -0.2) is 4.98 Å². The summed E-state index contributed by atoms with van der Waals surface area (Å²) in [6.45, 7) is 2.23. The van der Waals surface area contributed by atoms with Gasteiger partial charge < -0.3 is 19.7 Å². The molecule has 36 heavy (non-hydrogen) atoms. The van der Waals surface area contributed by atoms with E-state index in [0.29, 0.717) is 55.6 Å². The van der Waals surface area contributed by atoms with Crippen molar-refractivity contribution in [1.29, 1.82) is 0 Å². The van der Waals surface area contributed by atoms with Gasteiger partial charge in [-0.3, -0.25) is 14.6 Å². The van der Waals surface area contributed by atoms with Gasteiger partial charge >= 0.3 is 0 Å². The minimum absolute atomic E-state index is 0.0670. The van der Waals surface area contributed by atoms with Crippen molar-refractivity contribution in [3.05, 3.63) is 47.6 Å². The smallest absolute Gasteiger partial charge is 0.257 e. The zero-order valence-corrected chi connectivity index (χ0v) is 21.2. The van der Waals surface area contributed by atoms with Crippen molar-refractivity contribution in [1.82, 2.24) is 14.9 Å². The summed E-state index contributed by atoms with van der Waals surface area (Å²) in [6.07, 6.45) is 8.76. The van der Waals surface area contributed by atoms with Crippen molar-refractivity contribution in [2.24, 2.45) is 5.92 Å². The molecule has 2 fully saturated rings. The van der Waals surface area contributed by atoms with Crippen LogP contribution in [-0.2, 0) is 9.53 Å². The molecule has 8 nitrogen and oxygen atoms in total. The average Bonchev–Trinajstić information content (AvgIpc) is 3.61. The molecule has 0 radical (unpaired) electrons. The van der Waals surface area contributed by atoms with E-state index >= 15 is 0 Å². The first-order valence-electron chi connectivity index (χ1n) is 12.4. The van der Waals surface area contributed by atoms with Crippen LogP contribution in [0.1, 0.15) is 42.5 Å². The summed E-state index contributed by atoms with van der Waals surface area (Å²) < 4.78 is 10.9. The fraction of sp³-hybridized carbons (Fsp3) is 0.407. The normalized spacial score (nSPS) is 16.2. The van der Waals surface area contributed by atoms with Crippen molar-refractivity contribution in [3.63, 3.8) is 0 Å². The number of hydrogen-bond donors (Lipinski definition) is 1. The first-order valence-corrected chi connectivity index (χ1v) is 13.2. The molecule has 9 heteroatoms. The van der Waals surface area contributed by atoms with E-state index in [0.717, 1.165) is 34.7 Å². The van der Waals surface area contributed by atoms with E-state index in [9.17, 15) is 9.59 Å². The lowest BCUT2D eigenvalue weighted by Crippen LogP contribution is -2.40. The van der Waals surface area contributed by atoms with E-state index in [1.54, 1.807) is 30.5 Å². The highest BCUT2D eigenvalue weighted by molar-refractivity contribution is 7.14. The standard InChI is InChI=1S/C27H30N4O4S/c1-34-24-13-19(6-7-21(24)27(33)31-8-10-35-11-9-31)22-15-28-16-23(30-22)25-14-20(17-36-25)29-26(32)12-18-4-2-3-5-18/h6-7,13-18H,2-5,8-12H2,1H3,(H,29,32). The van der Waals surface area contributed by atoms with Gasteiger partial charge in [0.1, 0.15) is 5.75 Å². The Morgan fingerprint density at radius 3 is 2.69 bits per heavy atom. The summed E-state index contributed by atoms with van der Waals surface area (Å²) in [5.41, 5.74) is 3.51. The molecule has 2 amide bonds. The summed E-state index contributed by atoms with van der Waals surface area (Å²) in [4.78, 5) is 37.3. The minimum Gasteiger partial charge on any atom is -0.496 e. The van der Waals surface area contributed by atoms with Gasteiger partial charge in [0.25, 0.3) is 5.91 Å². The number of benzene rings is 1. The summed E-state index contributed by atoms with van der Waals surface area (Å²) >= 11 is 1.52. The number of rotatable bonds is 7. The first-order chi connectivity index (χ1) is 17.6. The second-order valence-electron chi connectivity index (χ2n) is 9.21. The molecule has 0 spiro atoms. The minimum atomic E-state index is -0.0670. The van der Waals surface area contributed by atoms with E-state index in [1.807, 2.05) is 23.6 Å². The Balaban J connectivity index is 1.31. The molecule has 1 aliphatic heterocycles. The number of nitrogens with one attached hydrogen (secondary N) is 1. The van der Waals surface area contributed by atoms with E-state index in [2.05, 4.69) is 10.3 Å². The molecular weight excluding hydrogens is 476 g/mol. The lowest BCUT2D eigenvalue weighted by atomic mass is 10.0. The first kappa shape index (κ1) is 24.4. The Bertz CT molecular complexity index is 1230. The van der Waals surface area contributed by atoms with Crippen molar-refractivity contribution < 1.29 is 19.1 Å². The second-order valence-corrected chi connectivity index (χ2v) is 10.1. The Labute approximate surface area is 214 Å². The summed E-state index contributed by atoms with van der Waals surface area (Å²) in [5, 5.41) is 4.96. The van der Waals surface area contributed by atoms with Gasteiger partial charge in [0, 0.05) is 30.5 Å². The highest BCUT2D eigenvalue weighted by atomic mass is 32.1. The van der Waals surface area contributed by atoms with Crippen LogP contribution in [0, 0.1) is 5.92 Å². The molecule has 1 aromatic carbocycles. The van der Waals surface area contributed by atoms with Gasteiger partial charge in [0.15, 0.2) is 0 Å². The number of carbonyl (C=O) groups is 2. The number of carbonyl (C=O) groups excluding carboxylic acids is 2. The monoisotopic (exact) mass is 506 g/mol. The molecule has 1 saturated heterocycles. The zero-order chi connectivity index (χ0) is 24.9. The Hall–Kier alpha value is -3.30. The Kier molecular flexibility index (Phi) is 7.58. The van der Waals surface area contributed by atoms with Gasteiger partial charge in [-0.05, 0) is 37.0 Å². The molecule has 5 rings (SSSR count). The molecule has 1 saturated carbocycles. The number of morpholine rings is 1. The molecule has 188 valence electrons. The van der Waals surface area contributed by atoms with Crippen LogP contribution in [0.4, 0.5) is 5.69 Å². The predicted octanol–water partition coefficient (Wildman–Crippen LogP) is 4.87. The molecule has 0 unspecified atom stereocenters. The molecule has 2 aliphatic rings. The third kappa shape index (κ3) is 5.57. The van der Waals surface area contributed by atoms with Crippen LogP contribution in [0.25, 0.3) is 21.8 Å². The second kappa shape index (κ2) is 11.2. The summed E-state index contributed by atoms with van der Waals surface area (Å²) in [7, 11) is 1.56. The number of ether oxygens (including phenoxy) is 2. The maximum atomic E-state index is 13.0. The fourth-order valence-corrected chi connectivity index (χ4v) is 5.61. The number of thiophene rings is 1. The average molecular weight is 507 g/mol. The number of anilines is 1. The number of amides is 2. The van der Waals surface area contributed by atoms with Crippen molar-refractivity contribution in [2.75, 3.05) is 38.7 Å².